The fraction of sp³-hybridized carbons (Fsp3) is 0.231. The van der Waals surface area contributed by atoms with Crippen molar-refractivity contribution in [3.8, 4) is 5.75 Å². The van der Waals surface area contributed by atoms with Gasteiger partial charge in [-0.3, -0.25) is 9.59 Å². The van der Waals surface area contributed by atoms with Crippen LogP contribution in [0.5, 0.6) is 5.75 Å². The predicted molar refractivity (Wildman–Crippen MR) is 70.7 cm³/mol. The normalized spacial score (nSPS) is 10.2. The molecule has 0 fully saturated rings. The number of carbonyl (C=O) groups excluding carboxylic acids is 2. The maximum atomic E-state index is 11.4. The van der Waals surface area contributed by atoms with Crippen LogP contribution in [0.1, 0.15) is 13.8 Å². The number of allylic oxidation sites excluding steroid dienone is 1. The minimum Gasteiger partial charge on any atom is -0.494 e. The van der Waals surface area contributed by atoms with Crippen LogP contribution in [-0.4, -0.2) is 18.9 Å². The Kier molecular flexibility index (Phi) is 4.92. The van der Waals surface area contributed by atoms with Gasteiger partial charge in [0.1, 0.15) is 5.75 Å². The Bertz CT molecular complexity index is 481. The third kappa shape index (κ3) is 3.93. The first-order valence-electron chi connectivity index (χ1n) is 5.46. The van der Waals surface area contributed by atoms with Crippen molar-refractivity contribution >= 4 is 23.2 Å². The number of nitrogens with one attached hydrogen (secondary N) is 2. The van der Waals surface area contributed by atoms with Gasteiger partial charge in [-0.2, -0.15) is 0 Å². The van der Waals surface area contributed by atoms with Gasteiger partial charge in [0.15, 0.2) is 0 Å². The second-order valence-corrected chi connectivity index (χ2v) is 3.59. The first-order chi connectivity index (χ1) is 8.56. The molecule has 2 N–H and O–H groups in total. The first kappa shape index (κ1) is 13.8. The molecule has 18 heavy (non-hydrogen) atoms. The molecule has 1 rings (SSSR count). The molecule has 0 saturated carbocycles. The lowest BCUT2D eigenvalue weighted by Crippen LogP contribution is -2.10. The molecular formula is C13H16N2O3. The molecule has 0 unspecified atom stereocenters. The fourth-order valence-corrected chi connectivity index (χ4v) is 1.40. The Balaban J connectivity index is 2.91. The Labute approximate surface area is 106 Å². The maximum Gasteiger partial charge on any atom is 0.248 e. The molecule has 0 aliphatic heterocycles. The van der Waals surface area contributed by atoms with Crippen LogP contribution in [0.4, 0.5) is 11.4 Å². The van der Waals surface area contributed by atoms with Gasteiger partial charge < -0.3 is 15.4 Å². The molecule has 0 saturated heterocycles. The number of ether oxygens (including phenoxy) is 1. The summed E-state index contributed by atoms with van der Waals surface area (Å²) in [5.74, 6) is 0.0920. The van der Waals surface area contributed by atoms with Crippen molar-refractivity contribution < 1.29 is 14.3 Å². The predicted octanol–water partition coefficient (Wildman–Crippen LogP) is 2.17. The van der Waals surface area contributed by atoms with E-state index in [0.29, 0.717) is 17.1 Å². The maximum absolute atomic E-state index is 11.4. The summed E-state index contributed by atoms with van der Waals surface area (Å²) >= 11 is 0. The number of hydrogen-bond acceptors (Lipinski definition) is 3. The van der Waals surface area contributed by atoms with Crippen molar-refractivity contribution in [2.45, 2.75) is 13.8 Å². The number of anilines is 2. The second kappa shape index (κ2) is 6.44. The van der Waals surface area contributed by atoms with Crippen LogP contribution in [0.25, 0.3) is 0 Å². The van der Waals surface area contributed by atoms with Gasteiger partial charge in [-0.1, -0.05) is 6.08 Å². The van der Waals surface area contributed by atoms with E-state index >= 15 is 0 Å². The molecule has 0 bridgehead atoms. The Morgan fingerprint density at radius 1 is 1.28 bits per heavy atom. The van der Waals surface area contributed by atoms with Crippen LogP contribution < -0.4 is 15.4 Å². The standard InChI is InChI=1S/C13H16N2O3/c1-4-5-13(17)15-10-6-7-11(14-9(2)16)12(8-10)18-3/h4-8H,1-3H3,(H,14,16)(H,15,17)/b5-4+. The third-order valence-corrected chi connectivity index (χ3v) is 2.10. The average Bonchev–Trinajstić information content (AvgIpc) is 2.30. The number of benzene rings is 1. The molecule has 0 aliphatic rings. The highest BCUT2D eigenvalue weighted by Crippen LogP contribution is 2.27. The van der Waals surface area contributed by atoms with Crippen molar-refractivity contribution in [2.75, 3.05) is 17.7 Å². The molecule has 1 aromatic rings. The van der Waals surface area contributed by atoms with Crippen molar-refractivity contribution in [1.29, 1.82) is 0 Å². The minimum atomic E-state index is -0.216. The molecular weight excluding hydrogens is 232 g/mol. The van der Waals surface area contributed by atoms with E-state index in [0.717, 1.165) is 0 Å². The molecule has 1 aromatic carbocycles. The minimum absolute atomic E-state index is 0.181. The number of methoxy groups -OCH3 is 1. The van der Waals surface area contributed by atoms with Crippen LogP contribution in [0, 0.1) is 0 Å². The zero-order valence-electron chi connectivity index (χ0n) is 10.6. The van der Waals surface area contributed by atoms with Gasteiger partial charge >= 0.3 is 0 Å². The summed E-state index contributed by atoms with van der Waals surface area (Å²) in [4.78, 5) is 22.3. The number of carbonyl (C=O) groups is 2. The summed E-state index contributed by atoms with van der Waals surface area (Å²) in [5, 5.41) is 5.32. The van der Waals surface area contributed by atoms with Gasteiger partial charge in [0.25, 0.3) is 0 Å². The highest BCUT2D eigenvalue weighted by Gasteiger charge is 2.06. The Morgan fingerprint density at radius 2 is 2.00 bits per heavy atom. The van der Waals surface area contributed by atoms with Gasteiger partial charge in [0, 0.05) is 18.7 Å². The van der Waals surface area contributed by atoms with Crippen molar-refractivity contribution in [3.05, 3.63) is 30.4 Å². The molecule has 96 valence electrons. The lowest BCUT2D eigenvalue weighted by atomic mass is 10.2. The molecule has 2 amide bonds. The zero-order chi connectivity index (χ0) is 13.5. The van der Waals surface area contributed by atoms with E-state index in [4.69, 9.17) is 4.74 Å². The Morgan fingerprint density at radius 3 is 2.56 bits per heavy atom. The lowest BCUT2D eigenvalue weighted by molar-refractivity contribution is -0.114. The van der Waals surface area contributed by atoms with Crippen molar-refractivity contribution in [1.82, 2.24) is 0 Å². The monoisotopic (exact) mass is 248 g/mol. The molecule has 0 radical (unpaired) electrons. The highest BCUT2D eigenvalue weighted by molar-refractivity contribution is 6.00. The molecule has 0 aliphatic carbocycles. The summed E-state index contributed by atoms with van der Waals surface area (Å²) in [6.45, 7) is 3.18. The van der Waals surface area contributed by atoms with Crippen LogP contribution in [0.3, 0.4) is 0 Å². The number of rotatable bonds is 4. The van der Waals surface area contributed by atoms with Gasteiger partial charge in [0.2, 0.25) is 11.8 Å². The van der Waals surface area contributed by atoms with E-state index in [2.05, 4.69) is 10.6 Å². The summed E-state index contributed by atoms with van der Waals surface area (Å²) < 4.78 is 5.14. The van der Waals surface area contributed by atoms with E-state index in [1.165, 1.54) is 20.1 Å². The van der Waals surface area contributed by atoms with Crippen LogP contribution in [0.15, 0.2) is 30.4 Å². The van der Waals surface area contributed by atoms with Crippen molar-refractivity contribution in [3.63, 3.8) is 0 Å². The van der Waals surface area contributed by atoms with E-state index in [1.54, 1.807) is 31.2 Å². The van der Waals surface area contributed by atoms with Crippen LogP contribution >= 0.6 is 0 Å². The molecule has 0 aromatic heterocycles. The lowest BCUT2D eigenvalue weighted by Gasteiger charge is -2.11. The number of amides is 2. The first-order valence-corrected chi connectivity index (χ1v) is 5.46. The number of hydrogen-bond donors (Lipinski definition) is 2. The van der Waals surface area contributed by atoms with E-state index in [-0.39, 0.29) is 11.8 Å². The van der Waals surface area contributed by atoms with Gasteiger partial charge in [-0.05, 0) is 25.1 Å². The summed E-state index contributed by atoms with van der Waals surface area (Å²) in [6.07, 6.45) is 3.08. The summed E-state index contributed by atoms with van der Waals surface area (Å²) in [6, 6.07) is 5.01. The van der Waals surface area contributed by atoms with Gasteiger partial charge in [-0.25, -0.2) is 0 Å². The molecule has 5 heteroatoms. The van der Waals surface area contributed by atoms with E-state index < -0.39 is 0 Å². The van der Waals surface area contributed by atoms with Crippen molar-refractivity contribution in [2.24, 2.45) is 0 Å². The van der Waals surface area contributed by atoms with Gasteiger partial charge in [0.05, 0.1) is 12.8 Å². The molecule has 0 heterocycles. The van der Waals surface area contributed by atoms with Crippen LogP contribution in [-0.2, 0) is 9.59 Å². The van der Waals surface area contributed by atoms with Crippen LogP contribution in [0.2, 0.25) is 0 Å². The van der Waals surface area contributed by atoms with Gasteiger partial charge in [-0.15, -0.1) is 0 Å². The zero-order valence-corrected chi connectivity index (χ0v) is 10.6. The third-order valence-electron chi connectivity index (χ3n) is 2.10. The quantitative estimate of drug-likeness (QED) is 0.802. The second-order valence-electron chi connectivity index (χ2n) is 3.59. The average molecular weight is 248 g/mol. The molecule has 0 spiro atoms. The largest absolute Gasteiger partial charge is 0.494 e. The topological polar surface area (TPSA) is 67.4 Å². The SMILES string of the molecule is C/C=C/C(=O)Nc1ccc(NC(C)=O)c(OC)c1. The Hall–Kier alpha value is -2.30. The summed E-state index contributed by atoms with van der Waals surface area (Å²) in [7, 11) is 1.50. The molecule has 5 nitrogen and oxygen atoms in total. The fourth-order valence-electron chi connectivity index (χ4n) is 1.40. The highest BCUT2D eigenvalue weighted by atomic mass is 16.5. The molecule has 0 atom stereocenters. The smallest absolute Gasteiger partial charge is 0.248 e. The van der Waals surface area contributed by atoms with E-state index in [1.807, 2.05) is 0 Å². The van der Waals surface area contributed by atoms with E-state index in [9.17, 15) is 9.59 Å². The summed E-state index contributed by atoms with van der Waals surface area (Å²) in [5.41, 5.74) is 1.16.